The second kappa shape index (κ2) is 6.27. The molecule has 0 aliphatic carbocycles. The highest BCUT2D eigenvalue weighted by atomic mass is 32.2. The van der Waals surface area contributed by atoms with Crippen LogP contribution in [0.2, 0.25) is 0 Å². The summed E-state index contributed by atoms with van der Waals surface area (Å²) in [6, 6.07) is 3.80. The first-order valence-electron chi connectivity index (χ1n) is 5.59. The van der Waals surface area contributed by atoms with E-state index in [-0.39, 0.29) is 6.54 Å². The van der Waals surface area contributed by atoms with Gasteiger partial charge in [-0.15, -0.1) is 0 Å². The van der Waals surface area contributed by atoms with Crippen LogP contribution in [0, 0.1) is 0 Å². The fraction of sp³-hybridized carbons (Fsp3) is 0.250. The van der Waals surface area contributed by atoms with Gasteiger partial charge in [-0.25, -0.2) is 13.2 Å². The molecule has 0 aromatic heterocycles. The van der Waals surface area contributed by atoms with Crippen molar-refractivity contribution in [2.45, 2.75) is 11.1 Å². The number of rotatable bonds is 5. The van der Waals surface area contributed by atoms with E-state index in [0.29, 0.717) is 16.4 Å². The van der Waals surface area contributed by atoms with Gasteiger partial charge in [0.25, 0.3) is 0 Å². The third-order valence-electron chi connectivity index (χ3n) is 2.50. The summed E-state index contributed by atoms with van der Waals surface area (Å²) in [5.74, 6) is -1.28. The van der Waals surface area contributed by atoms with Crippen LogP contribution in [0.1, 0.15) is 5.56 Å². The van der Waals surface area contributed by atoms with E-state index in [4.69, 9.17) is 5.11 Å². The molecule has 0 saturated carbocycles. The number of carboxylic acids is 1. The zero-order valence-corrected chi connectivity index (χ0v) is 11.6. The van der Waals surface area contributed by atoms with Gasteiger partial charge in [0, 0.05) is 19.7 Å². The minimum atomic E-state index is -4.80. The number of nitrogens with zero attached hydrogens (tertiary/aromatic N) is 1. The Morgan fingerprint density at radius 3 is 2.43 bits per heavy atom. The van der Waals surface area contributed by atoms with Gasteiger partial charge in [0.2, 0.25) is 10.0 Å². The van der Waals surface area contributed by atoms with E-state index in [9.17, 15) is 26.4 Å². The predicted molar refractivity (Wildman–Crippen MR) is 68.0 cm³/mol. The molecule has 0 aliphatic rings. The molecule has 0 aliphatic heterocycles. The predicted octanol–water partition coefficient (Wildman–Crippen LogP) is 1.97. The number of halogens is 3. The van der Waals surface area contributed by atoms with Crippen molar-refractivity contribution < 1.29 is 31.5 Å². The lowest BCUT2D eigenvalue weighted by atomic mass is 10.2. The van der Waals surface area contributed by atoms with Gasteiger partial charge in [-0.1, -0.05) is 18.2 Å². The molecule has 116 valence electrons. The largest absolute Gasteiger partial charge is 0.478 e. The topological polar surface area (TPSA) is 74.7 Å². The number of benzene rings is 1. The summed E-state index contributed by atoms with van der Waals surface area (Å²) in [6.45, 7) is -0.360. The van der Waals surface area contributed by atoms with Crippen molar-refractivity contribution in [1.82, 2.24) is 4.31 Å². The van der Waals surface area contributed by atoms with E-state index in [1.165, 1.54) is 6.07 Å². The second-order valence-corrected chi connectivity index (χ2v) is 6.03. The average Bonchev–Trinajstić information content (AvgIpc) is 2.37. The van der Waals surface area contributed by atoms with E-state index >= 15 is 0 Å². The number of hydrogen-bond donors (Lipinski definition) is 1. The van der Waals surface area contributed by atoms with Crippen molar-refractivity contribution in [2.24, 2.45) is 0 Å². The van der Waals surface area contributed by atoms with E-state index in [2.05, 4.69) is 0 Å². The molecule has 1 rings (SSSR count). The number of carboxylic acid groups (broad SMARTS) is 1. The molecule has 0 bridgehead atoms. The lowest BCUT2D eigenvalue weighted by molar-refractivity contribution is -0.140. The summed E-state index contributed by atoms with van der Waals surface area (Å²) in [4.78, 5) is 9.41. The maximum atomic E-state index is 12.8. The van der Waals surface area contributed by atoms with Crippen LogP contribution in [-0.2, 0) is 21.0 Å². The molecular weight excluding hydrogens is 311 g/mol. The van der Waals surface area contributed by atoms with Gasteiger partial charge >= 0.3 is 12.1 Å². The molecule has 1 N–H and O–H groups in total. The molecular formula is C12H12F3NO4S. The quantitative estimate of drug-likeness (QED) is 0.841. The first kappa shape index (κ1) is 17.2. The van der Waals surface area contributed by atoms with Gasteiger partial charge in [0.15, 0.2) is 0 Å². The maximum Gasteiger partial charge on any atom is 0.417 e. The number of carbonyl (C=O) groups is 1. The zero-order chi connectivity index (χ0) is 16.3. The zero-order valence-electron chi connectivity index (χ0n) is 10.8. The Kier molecular flexibility index (Phi) is 5.13. The van der Waals surface area contributed by atoms with Crippen molar-refractivity contribution in [1.29, 1.82) is 0 Å². The Morgan fingerprint density at radius 1 is 1.33 bits per heavy atom. The van der Waals surface area contributed by atoms with E-state index in [1.54, 1.807) is 0 Å². The van der Waals surface area contributed by atoms with Crippen LogP contribution in [0.4, 0.5) is 13.2 Å². The van der Waals surface area contributed by atoms with Crippen LogP contribution in [-0.4, -0.2) is 37.4 Å². The fourth-order valence-electron chi connectivity index (χ4n) is 1.49. The van der Waals surface area contributed by atoms with Gasteiger partial charge in [-0.3, -0.25) is 0 Å². The van der Waals surface area contributed by atoms with Gasteiger partial charge < -0.3 is 5.11 Å². The molecule has 0 saturated heterocycles. The molecule has 0 unspecified atom stereocenters. The molecule has 1 aromatic carbocycles. The Balaban J connectivity index is 3.17. The van der Waals surface area contributed by atoms with Crippen LogP contribution in [0.25, 0.3) is 0 Å². The van der Waals surface area contributed by atoms with E-state index < -0.39 is 32.6 Å². The Labute approximate surface area is 119 Å². The van der Waals surface area contributed by atoms with Crippen LogP contribution in [0.5, 0.6) is 0 Å². The third kappa shape index (κ3) is 4.30. The molecule has 0 amide bonds. The van der Waals surface area contributed by atoms with Gasteiger partial charge in [0.1, 0.15) is 0 Å². The highest BCUT2D eigenvalue weighted by molar-refractivity contribution is 7.89. The Hall–Kier alpha value is -1.87. The smallest absolute Gasteiger partial charge is 0.417 e. The molecule has 0 atom stereocenters. The minimum absolute atomic E-state index is 0.360. The molecule has 0 spiro atoms. The number of aliphatic carboxylic acids is 1. The SMILES string of the molecule is CN(C/C=C/C(=O)O)S(=O)(=O)c1ccccc1C(F)(F)F. The van der Waals surface area contributed by atoms with Crippen LogP contribution >= 0.6 is 0 Å². The normalized spacial score (nSPS) is 13.0. The van der Waals surface area contributed by atoms with Crippen molar-refractivity contribution in [3.8, 4) is 0 Å². The maximum absolute atomic E-state index is 12.8. The van der Waals surface area contributed by atoms with Crippen molar-refractivity contribution in [3.63, 3.8) is 0 Å². The number of likely N-dealkylation sites (N-methyl/N-ethyl adjacent to an activating group) is 1. The van der Waals surface area contributed by atoms with Crippen LogP contribution in [0.3, 0.4) is 0 Å². The molecule has 0 heterocycles. The second-order valence-electron chi connectivity index (χ2n) is 4.02. The first-order valence-corrected chi connectivity index (χ1v) is 7.03. The number of hydrogen-bond acceptors (Lipinski definition) is 3. The summed E-state index contributed by atoms with van der Waals surface area (Å²) in [5, 5.41) is 8.39. The summed E-state index contributed by atoms with van der Waals surface area (Å²) in [6.07, 6.45) is -3.07. The molecule has 0 fully saturated rings. The van der Waals surface area contributed by atoms with Gasteiger partial charge in [-0.2, -0.15) is 17.5 Å². The molecule has 5 nitrogen and oxygen atoms in total. The summed E-state index contributed by atoms with van der Waals surface area (Å²) in [5.41, 5.74) is -1.26. The van der Waals surface area contributed by atoms with Crippen molar-refractivity contribution in [3.05, 3.63) is 42.0 Å². The summed E-state index contributed by atoms with van der Waals surface area (Å²) < 4.78 is 63.4. The lowest BCUT2D eigenvalue weighted by Gasteiger charge is -2.18. The van der Waals surface area contributed by atoms with Gasteiger partial charge in [-0.05, 0) is 12.1 Å². The van der Waals surface area contributed by atoms with Gasteiger partial charge in [0.05, 0.1) is 10.5 Å². The highest BCUT2D eigenvalue weighted by Crippen LogP contribution is 2.34. The van der Waals surface area contributed by atoms with Crippen molar-refractivity contribution in [2.75, 3.05) is 13.6 Å². The van der Waals surface area contributed by atoms with E-state index in [1.807, 2.05) is 0 Å². The lowest BCUT2D eigenvalue weighted by Crippen LogP contribution is -2.29. The number of alkyl halides is 3. The molecule has 21 heavy (non-hydrogen) atoms. The first-order chi connectivity index (χ1) is 9.56. The Morgan fingerprint density at radius 2 is 1.90 bits per heavy atom. The molecule has 1 aromatic rings. The Bertz CT molecular complexity index is 653. The highest BCUT2D eigenvalue weighted by Gasteiger charge is 2.37. The standard InChI is InChI=1S/C12H12F3NO4S/c1-16(8-4-7-11(17)18)21(19,20)10-6-3-2-5-9(10)12(13,14)15/h2-7H,8H2,1H3,(H,17,18)/b7-4+. The monoisotopic (exact) mass is 323 g/mol. The molecule has 9 heteroatoms. The average molecular weight is 323 g/mol. The van der Waals surface area contributed by atoms with Crippen LogP contribution in [0.15, 0.2) is 41.3 Å². The van der Waals surface area contributed by atoms with Crippen molar-refractivity contribution >= 4 is 16.0 Å². The summed E-state index contributed by atoms with van der Waals surface area (Å²) in [7, 11) is -3.32. The molecule has 0 radical (unpaired) electrons. The third-order valence-corrected chi connectivity index (χ3v) is 4.39. The van der Waals surface area contributed by atoms with Crippen LogP contribution < -0.4 is 0 Å². The number of sulfonamides is 1. The van der Waals surface area contributed by atoms with E-state index in [0.717, 1.165) is 25.3 Å². The fourth-order valence-corrected chi connectivity index (χ4v) is 2.82. The summed E-state index contributed by atoms with van der Waals surface area (Å²) >= 11 is 0. The minimum Gasteiger partial charge on any atom is -0.478 e.